The quantitative estimate of drug-likeness (QED) is 0.199. The summed E-state index contributed by atoms with van der Waals surface area (Å²) in [5, 5.41) is 31.1. The number of carbonyl (C=O) groups is 4. The first-order chi connectivity index (χ1) is 31.1. The Hall–Kier alpha value is -4.09. The molecule has 8 rings (SSSR count). The Morgan fingerprint density at radius 1 is 0.606 bits per heavy atom. The number of amides is 4. The normalized spacial score (nSPS) is 29.3. The van der Waals surface area contributed by atoms with Crippen LogP contribution in [-0.2, 0) is 30.5 Å². The SMILES string of the molecule is CN(C)C1(c2ccccc2)CCC2(CC1)CN(CC(=O)CCCS(C)(=O)=O)C(=O)N2CC1(O)CCC1.CN(C)C1(c2ccccc2)CCC2(CC1)CN(CC(=O)O)C(=O)N2CC1(O)CCC1. The summed E-state index contributed by atoms with van der Waals surface area (Å²) in [6.07, 6.45) is 13.0. The number of Topliss-reactive ketones (excluding diaryl/α,β-unsaturated/α-hetero) is 1. The molecule has 6 fully saturated rings. The van der Waals surface area contributed by atoms with Crippen molar-refractivity contribution in [2.24, 2.45) is 0 Å². The van der Waals surface area contributed by atoms with E-state index in [-0.39, 0.29) is 60.6 Å². The van der Waals surface area contributed by atoms with E-state index >= 15 is 0 Å². The highest BCUT2D eigenvalue weighted by atomic mass is 32.2. The maximum Gasteiger partial charge on any atom is 0.323 e. The second-order valence-electron chi connectivity index (χ2n) is 21.3. The van der Waals surface area contributed by atoms with Crippen LogP contribution in [0.5, 0.6) is 0 Å². The fourth-order valence-corrected chi connectivity index (χ4v) is 12.8. The summed E-state index contributed by atoms with van der Waals surface area (Å²) < 4.78 is 22.8. The van der Waals surface area contributed by atoms with Crippen molar-refractivity contribution in [3.05, 3.63) is 71.8 Å². The molecule has 2 heterocycles. The number of rotatable bonds is 16. The molecule has 0 aromatic heterocycles. The van der Waals surface area contributed by atoms with E-state index < -0.39 is 38.1 Å². The number of hydrogen-bond acceptors (Lipinski definition) is 10. The van der Waals surface area contributed by atoms with E-state index in [0.29, 0.717) is 51.9 Å². The molecule has 4 amide bonds. The molecule has 364 valence electrons. The zero-order valence-electron chi connectivity index (χ0n) is 39.9. The van der Waals surface area contributed by atoms with Crippen molar-refractivity contribution >= 4 is 33.7 Å². The Morgan fingerprint density at radius 2 is 0.985 bits per heavy atom. The molecule has 4 saturated carbocycles. The van der Waals surface area contributed by atoms with Crippen LogP contribution in [0, 0.1) is 0 Å². The lowest BCUT2D eigenvalue weighted by atomic mass is 9.67. The first-order valence-electron chi connectivity index (χ1n) is 24.0. The fraction of sp³-hybridized carbons (Fsp3) is 0.680. The Kier molecular flexibility index (Phi) is 14.4. The first kappa shape index (κ1) is 49.8. The third-order valence-corrected chi connectivity index (χ3v) is 17.6. The van der Waals surface area contributed by atoms with E-state index in [1.165, 1.54) is 22.3 Å². The second-order valence-corrected chi connectivity index (χ2v) is 23.6. The lowest BCUT2D eigenvalue weighted by Crippen LogP contribution is -2.59. The van der Waals surface area contributed by atoms with Crippen LogP contribution in [0.25, 0.3) is 0 Å². The van der Waals surface area contributed by atoms with Crippen molar-refractivity contribution in [1.82, 2.24) is 29.4 Å². The highest BCUT2D eigenvalue weighted by Crippen LogP contribution is 2.52. The van der Waals surface area contributed by atoms with Crippen LogP contribution in [0.2, 0.25) is 0 Å². The molecule has 0 radical (unpaired) electrons. The number of sulfone groups is 1. The Bertz CT molecular complexity index is 2160. The van der Waals surface area contributed by atoms with Crippen molar-refractivity contribution in [2.45, 2.75) is 136 Å². The smallest absolute Gasteiger partial charge is 0.323 e. The Labute approximate surface area is 392 Å². The van der Waals surface area contributed by atoms with Gasteiger partial charge in [0.25, 0.3) is 0 Å². The zero-order valence-corrected chi connectivity index (χ0v) is 40.7. The highest BCUT2D eigenvalue weighted by Gasteiger charge is 2.58. The van der Waals surface area contributed by atoms with Gasteiger partial charge in [0.15, 0.2) is 5.78 Å². The zero-order chi connectivity index (χ0) is 47.8. The van der Waals surface area contributed by atoms with E-state index in [1.807, 2.05) is 21.9 Å². The minimum absolute atomic E-state index is 0.00319. The van der Waals surface area contributed by atoms with E-state index in [4.69, 9.17) is 0 Å². The van der Waals surface area contributed by atoms with Gasteiger partial charge in [0.2, 0.25) is 0 Å². The third kappa shape index (κ3) is 10.2. The van der Waals surface area contributed by atoms with Gasteiger partial charge in [-0.05, 0) is 136 Å². The number of benzene rings is 2. The molecule has 2 aromatic rings. The van der Waals surface area contributed by atoms with Crippen molar-refractivity contribution in [2.75, 3.05) is 79.5 Å². The van der Waals surface area contributed by atoms with E-state index in [0.717, 1.165) is 64.2 Å². The van der Waals surface area contributed by atoms with Gasteiger partial charge in [-0.2, -0.15) is 0 Å². The van der Waals surface area contributed by atoms with Crippen molar-refractivity contribution in [3.63, 3.8) is 0 Å². The van der Waals surface area contributed by atoms with Crippen LogP contribution < -0.4 is 0 Å². The Balaban J connectivity index is 0.000000199. The minimum atomic E-state index is -3.12. The molecule has 15 nitrogen and oxygen atoms in total. The summed E-state index contributed by atoms with van der Waals surface area (Å²) in [7, 11) is 5.32. The van der Waals surface area contributed by atoms with Gasteiger partial charge in [-0.1, -0.05) is 60.7 Å². The van der Waals surface area contributed by atoms with E-state index in [2.05, 4.69) is 86.5 Å². The van der Waals surface area contributed by atoms with Crippen LogP contribution in [-0.4, -0.2) is 179 Å². The number of aliphatic carboxylic acids is 1. The summed E-state index contributed by atoms with van der Waals surface area (Å²) >= 11 is 0. The highest BCUT2D eigenvalue weighted by molar-refractivity contribution is 7.90. The van der Waals surface area contributed by atoms with Gasteiger partial charge in [-0.15, -0.1) is 0 Å². The van der Waals surface area contributed by atoms with Gasteiger partial charge in [-0.3, -0.25) is 19.4 Å². The summed E-state index contributed by atoms with van der Waals surface area (Å²) in [4.78, 5) is 62.1. The Morgan fingerprint density at radius 3 is 1.30 bits per heavy atom. The summed E-state index contributed by atoms with van der Waals surface area (Å²) in [6.45, 7) is 1.22. The molecule has 0 unspecified atom stereocenters. The van der Waals surface area contributed by atoms with Gasteiger partial charge >= 0.3 is 18.0 Å². The number of urea groups is 2. The molecule has 6 aliphatic rings. The topological polar surface area (TPSA) is 183 Å². The number of β-amino-alcohol motifs (C(OH)–C–C–N with tert-alkyl or cyclic N) is 2. The number of aliphatic hydroxyl groups is 2. The molecule has 2 aromatic carbocycles. The second kappa shape index (κ2) is 19.1. The summed E-state index contributed by atoms with van der Waals surface area (Å²) in [5.74, 6) is -1.14. The molecule has 0 atom stereocenters. The molecular formula is C50H74N6O9S. The van der Waals surface area contributed by atoms with E-state index in [1.54, 1.807) is 4.90 Å². The van der Waals surface area contributed by atoms with Gasteiger partial charge < -0.3 is 34.9 Å². The number of carbonyl (C=O) groups excluding carboxylic acids is 3. The average molecular weight is 935 g/mol. The van der Waals surface area contributed by atoms with Crippen molar-refractivity contribution < 1.29 is 42.9 Å². The molecule has 4 aliphatic carbocycles. The maximum atomic E-state index is 13.6. The lowest BCUT2D eigenvalue weighted by Gasteiger charge is -2.52. The molecule has 16 heteroatoms. The number of hydrogen-bond donors (Lipinski definition) is 3. The monoisotopic (exact) mass is 935 g/mol. The largest absolute Gasteiger partial charge is 0.480 e. The molecular weight excluding hydrogens is 861 g/mol. The average Bonchev–Trinajstić information content (AvgIpc) is 3.63. The lowest BCUT2D eigenvalue weighted by molar-refractivity contribution is -0.137. The van der Waals surface area contributed by atoms with Crippen LogP contribution >= 0.6 is 0 Å². The molecule has 0 bridgehead atoms. The minimum Gasteiger partial charge on any atom is -0.480 e. The van der Waals surface area contributed by atoms with Gasteiger partial charge in [-0.25, -0.2) is 18.0 Å². The van der Waals surface area contributed by atoms with Crippen LogP contribution in [0.4, 0.5) is 9.59 Å². The number of carboxylic acid groups (broad SMARTS) is 1. The van der Waals surface area contributed by atoms with Crippen LogP contribution in [0.15, 0.2) is 60.7 Å². The van der Waals surface area contributed by atoms with Crippen molar-refractivity contribution in [3.8, 4) is 0 Å². The molecule has 2 spiro atoms. The summed E-state index contributed by atoms with van der Waals surface area (Å²) in [6, 6.07) is 20.6. The molecule has 2 saturated heterocycles. The molecule has 3 N–H and O–H groups in total. The van der Waals surface area contributed by atoms with Gasteiger partial charge in [0.1, 0.15) is 16.4 Å². The molecule has 66 heavy (non-hydrogen) atoms. The third-order valence-electron chi connectivity index (χ3n) is 16.6. The van der Waals surface area contributed by atoms with Crippen LogP contribution in [0.3, 0.4) is 0 Å². The molecule has 2 aliphatic heterocycles. The fourth-order valence-electron chi connectivity index (χ4n) is 12.1. The first-order valence-corrected chi connectivity index (χ1v) is 26.1. The van der Waals surface area contributed by atoms with Gasteiger partial charge in [0.05, 0.1) is 47.7 Å². The number of nitrogens with zero attached hydrogens (tertiary/aromatic N) is 6. The van der Waals surface area contributed by atoms with Crippen LogP contribution in [0.1, 0.15) is 114 Å². The standard InChI is InChI=1S/C27H41N3O5S.C23H33N3O4/c1-28(2)27(22-9-5-4-6-10-22)16-14-25(15-17-27)20-29(19-23(31)11-7-18-36(3,34)35)24(32)30(25)21-26(33)12-8-13-26;1-24(2)23(18-7-4-3-5-8-18)13-11-21(12-14-23)16-25(15-19(27)28)20(29)26(21)17-22(30)9-6-10-22/h4-6,9-10,33H,7-8,11-21H2,1-3H3;3-5,7-8,30H,6,9-17H2,1-2H3,(H,27,28). The number of carboxylic acids is 1. The summed E-state index contributed by atoms with van der Waals surface area (Å²) in [5.41, 5.74) is -0.156. The maximum absolute atomic E-state index is 13.6. The number of ketones is 1. The van der Waals surface area contributed by atoms with E-state index in [9.17, 15) is 42.9 Å². The van der Waals surface area contributed by atoms with Gasteiger partial charge in [0, 0.05) is 36.8 Å². The predicted octanol–water partition coefficient (Wildman–Crippen LogP) is 5.30. The van der Waals surface area contributed by atoms with Crippen molar-refractivity contribution in [1.29, 1.82) is 0 Å². The predicted molar refractivity (Wildman–Crippen MR) is 253 cm³/mol.